The molecule has 19 heavy (non-hydrogen) atoms. The van der Waals surface area contributed by atoms with Crippen LogP contribution >= 0.6 is 11.3 Å². The standard InChI is InChI=1S/C12H20N4O2S/c1-3-8-7-16(5-6-18-8)11(17)9-10(13)15-12(19-9)14-4-2/h8H,3-7,13H2,1-2H3,(H,14,15). The van der Waals surface area contributed by atoms with Crippen molar-refractivity contribution in [2.75, 3.05) is 37.3 Å². The first-order chi connectivity index (χ1) is 9.15. The molecule has 0 spiro atoms. The van der Waals surface area contributed by atoms with Crippen molar-refractivity contribution in [2.24, 2.45) is 0 Å². The Hall–Kier alpha value is -1.34. The smallest absolute Gasteiger partial charge is 0.268 e. The first kappa shape index (κ1) is 14.1. The molecule has 1 aromatic rings. The summed E-state index contributed by atoms with van der Waals surface area (Å²) in [5, 5.41) is 3.78. The Labute approximate surface area is 116 Å². The minimum atomic E-state index is -0.0408. The third kappa shape index (κ3) is 3.16. The first-order valence-corrected chi connectivity index (χ1v) is 7.38. The van der Waals surface area contributed by atoms with E-state index in [9.17, 15) is 4.79 Å². The van der Waals surface area contributed by atoms with Gasteiger partial charge in [-0.3, -0.25) is 4.79 Å². The molecule has 7 heteroatoms. The minimum absolute atomic E-state index is 0.0408. The number of nitrogens with one attached hydrogen (secondary N) is 1. The number of nitrogens with two attached hydrogens (primary N) is 1. The van der Waals surface area contributed by atoms with Gasteiger partial charge in [-0.15, -0.1) is 0 Å². The number of anilines is 2. The summed E-state index contributed by atoms with van der Waals surface area (Å²) in [6, 6.07) is 0. The molecule has 1 aliphatic heterocycles. The van der Waals surface area contributed by atoms with E-state index in [0.717, 1.165) is 13.0 Å². The number of thiazole rings is 1. The van der Waals surface area contributed by atoms with Gasteiger partial charge >= 0.3 is 0 Å². The van der Waals surface area contributed by atoms with Gasteiger partial charge in [-0.25, -0.2) is 4.98 Å². The summed E-state index contributed by atoms with van der Waals surface area (Å²) in [4.78, 5) is 18.9. The van der Waals surface area contributed by atoms with Crippen LogP contribution in [0.5, 0.6) is 0 Å². The molecule has 0 aromatic carbocycles. The van der Waals surface area contributed by atoms with Crippen LogP contribution in [0.4, 0.5) is 10.9 Å². The second-order valence-electron chi connectivity index (χ2n) is 4.42. The Morgan fingerprint density at radius 2 is 2.42 bits per heavy atom. The average molecular weight is 284 g/mol. The summed E-state index contributed by atoms with van der Waals surface area (Å²) in [7, 11) is 0. The van der Waals surface area contributed by atoms with E-state index in [1.807, 2.05) is 6.92 Å². The zero-order valence-corrected chi connectivity index (χ0v) is 12.1. The number of hydrogen-bond acceptors (Lipinski definition) is 6. The van der Waals surface area contributed by atoms with Gasteiger partial charge in [-0.2, -0.15) is 0 Å². The average Bonchev–Trinajstić information content (AvgIpc) is 2.79. The highest BCUT2D eigenvalue weighted by atomic mass is 32.1. The van der Waals surface area contributed by atoms with Crippen molar-refractivity contribution in [1.29, 1.82) is 0 Å². The van der Waals surface area contributed by atoms with Crippen molar-refractivity contribution < 1.29 is 9.53 Å². The highest BCUT2D eigenvalue weighted by molar-refractivity contribution is 7.18. The van der Waals surface area contributed by atoms with Crippen molar-refractivity contribution >= 4 is 28.2 Å². The molecule has 6 nitrogen and oxygen atoms in total. The number of carbonyl (C=O) groups excluding carboxylic acids is 1. The summed E-state index contributed by atoms with van der Waals surface area (Å²) in [6.45, 7) is 6.63. The Morgan fingerprint density at radius 3 is 3.11 bits per heavy atom. The Morgan fingerprint density at radius 1 is 1.63 bits per heavy atom. The van der Waals surface area contributed by atoms with Crippen LogP contribution in [0, 0.1) is 0 Å². The van der Waals surface area contributed by atoms with Gasteiger partial charge in [0.15, 0.2) is 5.13 Å². The zero-order chi connectivity index (χ0) is 13.8. The van der Waals surface area contributed by atoms with Crippen molar-refractivity contribution in [3.63, 3.8) is 0 Å². The molecular weight excluding hydrogens is 264 g/mol. The molecule has 0 saturated carbocycles. The van der Waals surface area contributed by atoms with Crippen LogP contribution in [0.3, 0.4) is 0 Å². The fraction of sp³-hybridized carbons (Fsp3) is 0.667. The number of hydrogen-bond donors (Lipinski definition) is 2. The van der Waals surface area contributed by atoms with Gasteiger partial charge in [0.05, 0.1) is 12.7 Å². The van der Waals surface area contributed by atoms with Crippen LogP contribution in [0.2, 0.25) is 0 Å². The molecule has 0 aliphatic carbocycles. The van der Waals surface area contributed by atoms with E-state index in [2.05, 4.69) is 17.2 Å². The highest BCUT2D eigenvalue weighted by Crippen LogP contribution is 2.27. The van der Waals surface area contributed by atoms with Crippen LogP contribution in [-0.4, -0.2) is 48.1 Å². The van der Waals surface area contributed by atoms with Crippen LogP contribution in [0.1, 0.15) is 29.9 Å². The summed E-state index contributed by atoms with van der Waals surface area (Å²) in [5.41, 5.74) is 5.83. The summed E-state index contributed by atoms with van der Waals surface area (Å²) < 4.78 is 5.57. The van der Waals surface area contributed by atoms with Crippen LogP contribution in [0.25, 0.3) is 0 Å². The largest absolute Gasteiger partial charge is 0.382 e. The lowest BCUT2D eigenvalue weighted by Crippen LogP contribution is -2.45. The van der Waals surface area contributed by atoms with E-state index in [1.54, 1.807) is 4.90 Å². The minimum Gasteiger partial charge on any atom is -0.382 e. The highest BCUT2D eigenvalue weighted by Gasteiger charge is 2.27. The number of nitrogen functional groups attached to an aromatic ring is 1. The van der Waals surface area contributed by atoms with Gasteiger partial charge in [-0.1, -0.05) is 18.3 Å². The van der Waals surface area contributed by atoms with E-state index in [1.165, 1.54) is 11.3 Å². The molecule has 106 valence electrons. The summed E-state index contributed by atoms with van der Waals surface area (Å²) in [5.74, 6) is 0.270. The Balaban J connectivity index is 2.10. The van der Waals surface area contributed by atoms with E-state index in [-0.39, 0.29) is 12.0 Å². The molecule has 3 N–H and O–H groups in total. The molecule has 1 atom stereocenters. The van der Waals surface area contributed by atoms with Crippen molar-refractivity contribution in [1.82, 2.24) is 9.88 Å². The predicted molar refractivity (Wildman–Crippen MR) is 76.6 cm³/mol. The number of ether oxygens (including phenoxy) is 1. The number of aromatic nitrogens is 1. The third-order valence-electron chi connectivity index (χ3n) is 3.06. The number of carbonyl (C=O) groups is 1. The number of amides is 1. The molecule has 1 fully saturated rings. The van der Waals surface area contributed by atoms with Crippen molar-refractivity contribution in [2.45, 2.75) is 26.4 Å². The van der Waals surface area contributed by atoms with Crippen LogP contribution < -0.4 is 11.1 Å². The monoisotopic (exact) mass is 284 g/mol. The zero-order valence-electron chi connectivity index (χ0n) is 11.3. The lowest BCUT2D eigenvalue weighted by Gasteiger charge is -2.32. The Kier molecular flexibility index (Phi) is 4.60. The van der Waals surface area contributed by atoms with Crippen molar-refractivity contribution in [3.05, 3.63) is 4.88 Å². The third-order valence-corrected chi connectivity index (χ3v) is 4.07. The molecule has 1 saturated heterocycles. The van der Waals surface area contributed by atoms with Gasteiger partial charge in [0, 0.05) is 19.6 Å². The maximum absolute atomic E-state index is 12.4. The summed E-state index contributed by atoms with van der Waals surface area (Å²) >= 11 is 1.32. The van der Waals surface area contributed by atoms with Gasteiger partial charge in [-0.05, 0) is 13.3 Å². The lowest BCUT2D eigenvalue weighted by molar-refractivity contribution is -0.0224. The maximum Gasteiger partial charge on any atom is 0.268 e. The lowest BCUT2D eigenvalue weighted by atomic mass is 10.2. The number of rotatable bonds is 4. The molecule has 1 amide bonds. The van der Waals surface area contributed by atoms with Crippen molar-refractivity contribution in [3.8, 4) is 0 Å². The van der Waals surface area contributed by atoms with Gasteiger partial charge in [0.2, 0.25) is 0 Å². The van der Waals surface area contributed by atoms with E-state index < -0.39 is 0 Å². The van der Waals surface area contributed by atoms with Crippen LogP contribution in [-0.2, 0) is 4.74 Å². The van der Waals surface area contributed by atoms with Gasteiger partial charge in [0.1, 0.15) is 10.7 Å². The molecule has 0 bridgehead atoms. The quantitative estimate of drug-likeness (QED) is 0.873. The number of morpholine rings is 1. The maximum atomic E-state index is 12.4. The van der Waals surface area contributed by atoms with E-state index >= 15 is 0 Å². The molecule has 2 rings (SSSR count). The molecule has 2 heterocycles. The first-order valence-electron chi connectivity index (χ1n) is 6.56. The fourth-order valence-corrected chi connectivity index (χ4v) is 2.93. The predicted octanol–water partition coefficient (Wildman–Crippen LogP) is 1.41. The molecule has 0 radical (unpaired) electrons. The van der Waals surface area contributed by atoms with Gasteiger partial charge in [0.25, 0.3) is 5.91 Å². The SMILES string of the molecule is CCNc1nc(N)c(C(=O)N2CCOC(CC)C2)s1. The number of nitrogens with zero attached hydrogens (tertiary/aromatic N) is 2. The Bertz CT molecular complexity index is 449. The molecular formula is C12H20N4O2S. The second-order valence-corrected chi connectivity index (χ2v) is 5.41. The fourth-order valence-electron chi connectivity index (χ4n) is 2.01. The topological polar surface area (TPSA) is 80.5 Å². The van der Waals surface area contributed by atoms with E-state index in [0.29, 0.717) is 35.5 Å². The molecule has 1 aliphatic rings. The molecule has 1 aromatic heterocycles. The molecule has 1 unspecified atom stereocenters. The van der Waals surface area contributed by atoms with Crippen LogP contribution in [0.15, 0.2) is 0 Å². The second kappa shape index (κ2) is 6.21. The normalized spacial score (nSPS) is 19.5. The van der Waals surface area contributed by atoms with E-state index in [4.69, 9.17) is 10.5 Å². The van der Waals surface area contributed by atoms with Gasteiger partial charge < -0.3 is 20.7 Å². The summed E-state index contributed by atoms with van der Waals surface area (Å²) in [6.07, 6.45) is 1.03.